The molecule has 0 aromatic heterocycles. The van der Waals surface area contributed by atoms with Crippen LogP contribution in [-0.2, 0) is 6.42 Å². The lowest BCUT2D eigenvalue weighted by molar-refractivity contribution is 0.230. The fraction of sp³-hybridized carbons (Fsp3) is 0.538. The molecule has 4 heteroatoms. The lowest BCUT2D eigenvalue weighted by atomic mass is 10.1. The fourth-order valence-electron chi connectivity index (χ4n) is 1.57. The molecular formula is C13H20BrNO2. The first-order valence-electron chi connectivity index (χ1n) is 5.81. The molecule has 17 heavy (non-hydrogen) atoms. The summed E-state index contributed by atoms with van der Waals surface area (Å²) in [5.41, 5.74) is 6.72. The van der Waals surface area contributed by atoms with E-state index < -0.39 is 0 Å². The lowest BCUT2D eigenvalue weighted by Crippen LogP contribution is -2.07. The first-order valence-corrected chi connectivity index (χ1v) is 6.61. The number of benzene rings is 1. The van der Waals surface area contributed by atoms with E-state index in [1.54, 1.807) is 7.11 Å². The van der Waals surface area contributed by atoms with Crippen molar-refractivity contribution in [1.82, 2.24) is 0 Å². The van der Waals surface area contributed by atoms with Crippen LogP contribution < -0.4 is 15.2 Å². The fourth-order valence-corrected chi connectivity index (χ4v) is 2.09. The van der Waals surface area contributed by atoms with Crippen molar-refractivity contribution in [1.29, 1.82) is 0 Å². The summed E-state index contributed by atoms with van der Waals surface area (Å²) in [6, 6.07) is 3.97. The van der Waals surface area contributed by atoms with Crippen molar-refractivity contribution in [3.8, 4) is 11.5 Å². The molecule has 0 saturated carbocycles. The van der Waals surface area contributed by atoms with E-state index in [9.17, 15) is 0 Å². The van der Waals surface area contributed by atoms with Crippen molar-refractivity contribution in [3.05, 3.63) is 22.2 Å². The quantitative estimate of drug-likeness (QED) is 0.878. The normalized spacial score (nSPS) is 10.7. The van der Waals surface area contributed by atoms with Crippen LogP contribution in [0.1, 0.15) is 25.8 Å². The van der Waals surface area contributed by atoms with Crippen molar-refractivity contribution in [2.24, 2.45) is 5.73 Å². The van der Waals surface area contributed by atoms with E-state index in [1.807, 2.05) is 26.0 Å². The maximum Gasteiger partial charge on any atom is 0.162 e. The van der Waals surface area contributed by atoms with Gasteiger partial charge >= 0.3 is 0 Å². The third kappa shape index (κ3) is 4.21. The number of aryl methyl sites for hydroxylation is 1. The summed E-state index contributed by atoms with van der Waals surface area (Å²) in [6.07, 6.45) is 2.03. The Morgan fingerprint density at radius 2 is 2.00 bits per heavy atom. The third-order valence-electron chi connectivity index (χ3n) is 2.35. The summed E-state index contributed by atoms with van der Waals surface area (Å²) in [5, 5.41) is 0. The molecule has 0 bridgehead atoms. The van der Waals surface area contributed by atoms with Crippen LogP contribution in [0.5, 0.6) is 11.5 Å². The molecule has 0 fully saturated rings. The van der Waals surface area contributed by atoms with E-state index >= 15 is 0 Å². The average Bonchev–Trinajstić information content (AvgIpc) is 2.27. The van der Waals surface area contributed by atoms with Gasteiger partial charge in [-0.3, -0.25) is 0 Å². The van der Waals surface area contributed by atoms with Gasteiger partial charge in [0.15, 0.2) is 11.5 Å². The second-order valence-electron chi connectivity index (χ2n) is 4.15. The molecule has 0 saturated heterocycles. The Labute approximate surface area is 111 Å². The molecule has 0 radical (unpaired) electrons. The molecule has 0 aliphatic heterocycles. The highest BCUT2D eigenvalue weighted by Crippen LogP contribution is 2.34. The van der Waals surface area contributed by atoms with Gasteiger partial charge in [0.25, 0.3) is 0 Å². The zero-order chi connectivity index (χ0) is 12.8. The van der Waals surface area contributed by atoms with Crippen LogP contribution in [0.3, 0.4) is 0 Å². The van der Waals surface area contributed by atoms with Crippen LogP contribution in [0.2, 0.25) is 0 Å². The second-order valence-corrected chi connectivity index (χ2v) is 5.01. The molecule has 96 valence electrons. The van der Waals surface area contributed by atoms with Crippen LogP contribution in [-0.4, -0.2) is 19.8 Å². The summed E-state index contributed by atoms with van der Waals surface area (Å²) >= 11 is 3.55. The number of hydrogen-bond acceptors (Lipinski definition) is 3. The summed E-state index contributed by atoms with van der Waals surface area (Å²) < 4.78 is 12.1. The molecule has 0 aliphatic carbocycles. The molecule has 0 aliphatic rings. The van der Waals surface area contributed by atoms with Gasteiger partial charge in [-0.05, 0) is 50.9 Å². The minimum Gasteiger partial charge on any atom is -0.493 e. The smallest absolute Gasteiger partial charge is 0.162 e. The van der Waals surface area contributed by atoms with E-state index in [4.69, 9.17) is 15.2 Å². The topological polar surface area (TPSA) is 44.5 Å². The van der Waals surface area contributed by atoms with Crippen LogP contribution in [0.4, 0.5) is 0 Å². The third-order valence-corrected chi connectivity index (χ3v) is 3.08. The molecule has 2 N–H and O–H groups in total. The maximum absolute atomic E-state index is 5.70. The summed E-state index contributed by atoms with van der Waals surface area (Å²) in [4.78, 5) is 0. The number of ether oxygens (including phenoxy) is 2. The molecule has 0 heterocycles. The Balaban J connectivity index is 2.97. The lowest BCUT2D eigenvalue weighted by Gasteiger charge is -2.15. The van der Waals surface area contributed by atoms with Crippen molar-refractivity contribution in [2.75, 3.05) is 13.7 Å². The van der Waals surface area contributed by atoms with Crippen LogP contribution >= 0.6 is 15.9 Å². The molecule has 3 nitrogen and oxygen atoms in total. The average molecular weight is 302 g/mol. The zero-order valence-electron chi connectivity index (χ0n) is 10.6. The number of methoxy groups -OCH3 is 1. The molecule has 1 aromatic carbocycles. The largest absolute Gasteiger partial charge is 0.493 e. The predicted molar refractivity (Wildman–Crippen MR) is 73.8 cm³/mol. The van der Waals surface area contributed by atoms with Crippen LogP contribution in [0, 0.1) is 0 Å². The summed E-state index contributed by atoms with van der Waals surface area (Å²) in [5.74, 6) is 1.54. The zero-order valence-corrected chi connectivity index (χ0v) is 12.2. The Bertz CT molecular complexity index is 367. The summed E-state index contributed by atoms with van der Waals surface area (Å²) in [6.45, 7) is 4.68. The van der Waals surface area contributed by atoms with E-state index in [1.165, 1.54) is 5.56 Å². The molecule has 1 aromatic rings. The standard InChI is InChI=1S/C13H20BrNO2/c1-9(2)17-13-8-11(14)10(5-4-6-15)7-12(13)16-3/h7-9H,4-6,15H2,1-3H3. The Morgan fingerprint density at radius 3 is 2.53 bits per heavy atom. The minimum atomic E-state index is 0.130. The minimum absolute atomic E-state index is 0.130. The number of halogens is 1. The van der Waals surface area contributed by atoms with Crippen molar-refractivity contribution in [3.63, 3.8) is 0 Å². The second kappa shape index (κ2) is 6.87. The van der Waals surface area contributed by atoms with Crippen molar-refractivity contribution < 1.29 is 9.47 Å². The monoisotopic (exact) mass is 301 g/mol. The van der Waals surface area contributed by atoms with Crippen LogP contribution in [0.25, 0.3) is 0 Å². The Kier molecular flexibility index (Phi) is 5.78. The van der Waals surface area contributed by atoms with Gasteiger partial charge in [-0.1, -0.05) is 15.9 Å². The first kappa shape index (κ1) is 14.3. The van der Waals surface area contributed by atoms with Crippen molar-refractivity contribution >= 4 is 15.9 Å². The molecule has 0 spiro atoms. The maximum atomic E-state index is 5.70. The van der Waals surface area contributed by atoms with E-state index in [0.29, 0.717) is 6.54 Å². The van der Waals surface area contributed by atoms with Gasteiger partial charge in [0.2, 0.25) is 0 Å². The number of hydrogen-bond donors (Lipinski definition) is 1. The molecule has 0 atom stereocenters. The number of rotatable bonds is 6. The van der Waals surface area contributed by atoms with Gasteiger partial charge in [-0.2, -0.15) is 0 Å². The van der Waals surface area contributed by atoms with Crippen molar-refractivity contribution in [2.45, 2.75) is 32.8 Å². The predicted octanol–water partition coefficient (Wildman–Crippen LogP) is 3.14. The highest BCUT2D eigenvalue weighted by atomic mass is 79.9. The highest BCUT2D eigenvalue weighted by molar-refractivity contribution is 9.10. The highest BCUT2D eigenvalue weighted by Gasteiger charge is 2.11. The van der Waals surface area contributed by atoms with Gasteiger partial charge in [0.1, 0.15) is 0 Å². The molecule has 0 amide bonds. The van der Waals surface area contributed by atoms with E-state index in [-0.39, 0.29) is 6.10 Å². The Morgan fingerprint density at radius 1 is 1.29 bits per heavy atom. The van der Waals surface area contributed by atoms with Gasteiger partial charge < -0.3 is 15.2 Å². The Hall–Kier alpha value is -0.740. The molecular weight excluding hydrogens is 282 g/mol. The van der Waals surface area contributed by atoms with Crippen LogP contribution in [0.15, 0.2) is 16.6 Å². The van der Waals surface area contributed by atoms with Gasteiger partial charge in [0.05, 0.1) is 13.2 Å². The van der Waals surface area contributed by atoms with E-state index in [0.717, 1.165) is 28.8 Å². The van der Waals surface area contributed by atoms with Gasteiger partial charge in [-0.15, -0.1) is 0 Å². The number of nitrogens with two attached hydrogens (primary N) is 1. The van der Waals surface area contributed by atoms with Gasteiger partial charge in [0, 0.05) is 4.47 Å². The molecule has 0 unspecified atom stereocenters. The van der Waals surface area contributed by atoms with E-state index in [2.05, 4.69) is 15.9 Å². The summed E-state index contributed by atoms with van der Waals surface area (Å²) in [7, 11) is 1.66. The van der Waals surface area contributed by atoms with Gasteiger partial charge in [-0.25, -0.2) is 0 Å². The first-order chi connectivity index (χ1) is 8.08. The molecule has 1 rings (SSSR count). The SMILES string of the molecule is COc1cc(CCCN)c(Br)cc1OC(C)C.